The van der Waals surface area contributed by atoms with Gasteiger partial charge in [-0.2, -0.15) is 0 Å². The predicted molar refractivity (Wildman–Crippen MR) is 77.6 cm³/mol. The molecule has 1 atom stereocenters. The summed E-state index contributed by atoms with van der Waals surface area (Å²) in [6.07, 6.45) is 2.03. The van der Waals surface area contributed by atoms with Crippen molar-refractivity contribution in [2.75, 3.05) is 4.90 Å². The number of fused-ring (bicyclic) bond motifs is 1. The second kappa shape index (κ2) is 5.01. The van der Waals surface area contributed by atoms with Crippen LogP contribution in [0.15, 0.2) is 42.6 Å². The summed E-state index contributed by atoms with van der Waals surface area (Å²) >= 11 is 0. The lowest BCUT2D eigenvalue weighted by molar-refractivity contribution is 0.0695. The number of carbonyl (C=O) groups is 2. The van der Waals surface area contributed by atoms with Gasteiger partial charge < -0.3 is 10.0 Å². The third-order valence-corrected chi connectivity index (χ3v) is 3.66. The maximum Gasteiger partial charge on any atom is 0.337 e. The Kier molecular flexibility index (Phi) is 3.17. The maximum atomic E-state index is 12.6. The summed E-state index contributed by atoms with van der Waals surface area (Å²) in [5.74, 6) is -1.26. The number of benzene rings is 1. The van der Waals surface area contributed by atoms with Crippen molar-refractivity contribution < 1.29 is 14.7 Å². The van der Waals surface area contributed by atoms with Crippen molar-refractivity contribution in [1.82, 2.24) is 4.98 Å². The Balaban J connectivity index is 1.93. The summed E-state index contributed by atoms with van der Waals surface area (Å²) in [6, 6.07) is 10.7. The van der Waals surface area contributed by atoms with E-state index in [1.165, 1.54) is 18.3 Å². The normalized spacial score (nSPS) is 16.6. The molecular formula is C16H14N2O3. The average Bonchev–Trinajstić information content (AvgIpc) is 2.82. The van der Waals surface area contributed by atoms with Gasteiger partial charge in [0.25, 0.3) is 5.91 Å². The Labute approximate surface area is 121 Å². The van der Waals surface area contributed by atoms with Gasteiger partial charge in [-0.25, -0.2) is 4.79 Å². The monoisotopic (exact) mass is 282 g/mol. The minimum Gasteiger partial charge on any atom is -0.478 e. The van der Waals surface area contributed by atoms with Crippen LogP contribution in [0.2, 0.25) is 0 Å². The van der Waals surface area contributed by atoms with Crippen molar-refractivity contribution in [2.24, 2.45) is 0 Å². The Hall–Kier alpha value is -2.69. The third-order valence-electron chi connectivity index (χ3n) is 3.66. The molecule has 106 valence electrons. The predicted octanol–water partition coefficient (Wildman–Crippen LogP) is 2.37. The molecule has 2 aromatic rings. The van der Waals surface area contributed by atoms with Gasteiger partial charge in [-0.3, -0.25) is 9.78 Å². The molecule has 1 aliphatic heterocycles. The molecular weight excluding hydrogens is 268 g/mol. The van der Waals surface area contributed by atoms with Gasteiger partial charge in [-0.1, -0.05) is 18.2 Å². The van der Waals surface area contributed by atoms with Crippen molar-refractivity contribution in [2.45, 2.75) is 19.4 Å². The minimum absolute atomic E-state index is 0.0656. The van der Waals surface area contributed by atoms with Gasteiger partial charge in [0.15, 0.2) is 0 Å². The number of para-hydroxylation sites is 1. The number of carboxylic acids is 1. The number of aromatic nitrogens is 1. The highest BCUT2D eigenvalue weighted by molar-refractivity contribution is 6.06. The number of amides is 1. The van der Waals surface area contributed by atoms with Crippen molar-refractivity contribution in [3.05, 3.63) is 59.4 Å². The fourth-order valence-corrected chi connectivity index (χ4v) is 2.65. The van der Waals surface area contributed by atoms with E-state index in [2.05, 4.69) is 4.98 Å². The summed E-state index contributed by atoms with van der Waals surface area (Å²) in [5, 5.41) is 8.86. The summed E-state index contributed by atoms with van der Waals surface area (Å²) in [5.41, 5.74) is 2.37. The molecule has 0 radical (unpaired) electrons. The van der Waals surface area contributed by atoms with Crippen LogP contribution < -0.4 is 4.90 Å². The van der Waals surface area contributed by atoms with Crippen molar-refractivity contribution in [1.29, 1.82) is 0 Å². The van der Waals surface area contributed by atoms with E-state index in [9.17, 15) is 9.59 Å². The van der Waals surface area contributed by atoms with E-state index in [1.54, 1.807) is 4.90 Å². The van der Waals surface area contributed by atoms with Crippen LogP contribution in [0.1, 0.15) is 33.3 Å². The van der Waals surface area contributed by atoms with Gasteiger partial charge in [0, 0.05) is 17.9 Å². The van der Waals surface area contributed by atoms with Crippen molar-refractivity contribution in [3.63, 3.8) is 0 Å². The molecule has 0 spiro atoms. The second-order valence-electron chi connectivity index (χ2n) is 5.09. The van der Waals surface area contributed by atoms with E-state index >= 15 is 0 Å². The SMILES string of the molecule is CC1Cc2ccccc2N1C(=O)c1ccc(C(=O)O)cn1. The van der Waals surface area contributed by atoms with Crippen molar-refractivity contribution >= 4 is 17.6 Å². The lowest BCUT2D eigenvalue weighted by Crippen LogP contribution is -2.36. The molecule has 1 aromatic carbocycles. The number of anilines is 1. The van der Waals surface area contributed by atoms with Crippen LogP contribution in [0.25, 0.3) is 0 Å². The third kappa shape index (κ3) is 2.27. The number of nitrogens with zero attached hydrogens (tertiary/aromatic N) is 2. The number of carboxylic acid groups (broad SMARTS) is 1. The Morgan fingerprint density at radius 1 is 1.24 bits per heavy atom. The number of carbonyl (C=O) groups excluding carboxylic acids is 1. The highest BCUT2D eigenvalue weighted by Crippen LogP contribution is 2.32. The largest absolute Gasteiger partial charge is 0.478 e. The minimum atomic E-state index is -1.05. The fourth-order valence-electron chi connectivity index (χ4n) is 2.65. The number of rotatable bonds is 2. The molecule has 1 N–H and O–H groups in total. The summed E-state index contributed by atoms with van der Waals surface area (Å²) in [7, 11) is 0. The average molecular weight is 282 g/mol. The van der Waals surface area contributed by atoms with Crippen molar-refractivity contribution in [3.8, 4) is 0 Å². The summed E-state index contributed by atoms with van der Waals surface area (Å²) in [4.78, 5) is 29.1. The maximum absolute atomic E-state index is 12.6. The van der Waals surface area contributed by atoms with Crippen LogP contribution in [0.5, 0.6) is 0 Å². The molecule has 0 bridgehead atoms. The van der Waals surface area contributed by atoms with E-state index in [0.717, 1.165) is 17.7 Å². The molecule has 0 fully saturated rings. The molecule has 5 heteroatoms. The van der Waals surface area contributed by atoms with E-state index in [-0.39, 0.29) is 23.2 Å². The first-order valence-corrected chi connectivity index (χ1v) is 6.68. The molecule has 1 aliphatic rings. The lowest BCUT2D eigenvalue weighted by Gasteiger charge is -2.22. The lowest BCUT2D eigenvalue weighted by atomic mass is 10.1. The molecule has 1 amide bonds. The molecule has 3 rings (SSSR count). The molecule has 0 saturated carbocycles. The van der Waals surface area contributed by atoms with Gasteiger partial charge in [-0.05, 0) is 37.1 Å². The van der Waals surface area contributed by atoms with Gasteiger partial charge in [0.1, 0.15) is 5.69 Å². The zero-order valence-electron chi connectivity index (χ0n) is 11.5. The van der Waals surface area contributed by atoms with Crippen LogP contribution >= 0.6 is 0 Å². The van der Waals surface area contributed by atoms with Crippen LogP contribution in [-0.2, 0) is 6.42 Å². The number of aromatic carboxylic acids is 1. The molecule has 5 nitrogen and oxygen atoms in total. The van der Waals surface area contributed by atoms with E-state index < -0.39 is 5.97 Å². The van der Waals surface area contributed by atoms with E-state index in [0.29, 0.717) is 0 Å². The smallest absolute Gasteiger partial charge is 0.337 e. The molecule has 1 aromatic heterocycles. The van der Waals surface area contributed by atoms with Crippen LogP contribution in [0.4, 0.5) is 5.69 Å². The quantitative estimate of drug-likeness (QED) is 0.918. The summed E-state index contributed by atoms with van der Waals surface area (Å²) < 4.78 is 0. The molecule has 0 saturated heterocycles. The Morgan fingerprint density at radius 3 is 2.67 bits per heavy atom. The molecule has 1 unspecified atom stereocenters. The first-order chi connectivity index (χ1) is 10.1. The van der Waals surface area contributed by atoms with Gasteiger partial charge in [0.2, 0.25) is 0 Å². The fraction of sp³-hybridized carbons (Fsp3) is 0.188. The topological polar surface area (TPSA) is 70.5 Å². The van der Waals surface area contributed by atoms with Gasteiger partial charge in [0.05, 0.1) is 5.56 Å². The van der Waals surface area contributed by atoms with Gasteiger partial charge in [-0.15, -0.1) is 0 Å². The van der Waals surface area contributed by atoms with Crippen LogP contribution in [0.3, 0.4) is 0 Å². The standard InChI is InChI=1S/C16H14N2O3/c1-10-8-11-4-2-3-5-14(11)18(10)15(19)13-7-6-12(9-17-13)16(20)21/h2-7,9-10H,8H2,1H3,(H,20,21). The summed E-state index contributed by atoms with van der Waals surface area (Å²) in [6.45, 7) is 1.99. The number of hydrogen-bond acceptors (Lipinski definition) is 3. The van der Waals surface area contributed by atoms with Crippen LogP contribution in [-0.4, -0.2) is 28.0 Å². The highest BCUT2D eigenvalue weighted by Gasteiger charge is 2.31. The first-order valence-electron chi connectivity index (χ1n) is 6.68. The second-order valence-corrected chi connectivity index (χ2v) is 5.09. The van der Waals surface area contributed by atoms with Gasteiger partial charge >= 0.3 is 5.97 Å². The number of pyridine rings is 1. The number of hydrogen-bond donors (Lipinski definition) is 1. The van der Waals surface area contributed by atoms with E-state index in [4.69, 9.17) is 5.11 Å². The molecule has 0 aliphatic carbocycles. The molecule has 2 heterocycles. The highest BCUT2D eigenvalue weighted by atomic mass is 16.4. The zero-order valence-corrected chi connectivity index (χ0v) is 11.5. The molecule has 21 heavy (non-hydrogen) atoms. The Bertz CT molecular complexity index is 710. The first kappa shape index (κ1) is 13.3. The Morgan fingerprint density at radius 2 is 2.00 bits per heavy atom. The zero-order chi connectivity index (χ0) is 15.0. The van der Waals surface area contributed by atoms with Crippen LogP contribution in [0, 0.1) is 0 Å². The van der Waals surface area contributed by atoms with E-state index in [1.807, 2.05) is 31.2 Å².